The number of carbonyl (C=O) groups excluding carboxylic acids is 1. The third-order valence-electron chi connectivity index (χ3n) is 2.46. The third kappa shape index (κ3) is 4.08. The van der Waals surface area contributed by atoms with Crippen molar-refractivity contribution in [2.75, 3.05) is 19.7 Å². The van der Waals surface area contributed by atoms with Crippen LogP contribution in [-0.4, -0.2) is 38.4 Å². The Balaban J connectivity index is 3.22. The van der Waals surface area contributed by atoms with Crippen molar-refractivity contribution < 1.29 is 26.7 Å². The highest BCUT2D eigenvalue weighted by Gasteiger charge is 2.31. The number of esters is 1. The van der Waals surface area contributed by atoms with E-state index in [1.54, 1.807) is 6.92 Å². The van der Waals surface area contributed by atoms with Crippen molar-refractivity contribution in [3.05, 3.63) is 42.5 Å². The highest BCUT2D eigenvalue weighted by Crippen LogP contribution is 2.22. The second kappa shape index (κ2) is 7.28. The Hall–Kier alpha value is -1.80. The van der Waals surface area contributed by atoms with Gasteiger partial charge in [0, 0.05) is 6.54 Å². The maximum Gasteiger partial charge on any atom is 0.321 e. The predicted molar refractivity (Wildman–Crippen MR) is 71.9 cm³/mol. The maximum absolute atomic E-state index is 13.6. The topological polar surface area (TPSA) is 63.7 Å². The van der Waals surface area contributed by atoms with E-state index in [-0.39, 0.29) is 13.2 Å². The summed E-state index contributed by atoms with van der Waals surface area (Å²) in [5, 5.41) is 0. The lowest BCUT2D eigenvalue weighted by molar-refractivity contribution is -0.143. The van der Waals surface area contributed by atoms with Crippen molar-refractivity contribution >= 4 is 16.0 Å². The molecule has 0 spiro atoms. The van der Waals surface area contributed by atoms with Gasteiger partial charge in [-0.2, -0.15) is 4.31 Å². The number of hydrogen-bond donors (Lipinski definition) is 0. The molecule has 0 aliphatic rings. The van der Waals surface area contributed by atoms with E-state index >= 15 is 0 Å². The average molecular weight is 319 g/mol. The molecule has 0 atom stereocenters. The summed E-state index contributed by atoms with van der Waals surface area (Å²) in [4.78, 5) is 10.3. The molecular formula is C13H15F2NO4S. The number of sulfonamides is 1. The standard InChI is InChI=1S/C13H15F2NO4S/c1-3-8-16(9-12(17)20-4-2)21(18,19)13-10(14)6-5-7-11(13)15/h3,5-7H,1,4,8-9H2,2H3. The molecular weight excluding hydrogens is 304 g/mol. The molecule has 8 heteroatoms. The molecule has 0 amide bonds. The van der Waals surface area contributed by atoms with E-state index in [0.717, 1.165) is 18.2 Å². The first-order valence-electron chi connectivity index (χ1n) is 6.05. The summed E-state index contributed by atoms with van der Waals surface area (Å²) in [5.41, 5.74) is 0. The summed E-state index contributed by atoms with van der Waals surface area (Å²) in [6.07, 6.45) is 1.20. The van der Waals surface area contributed by atoms with Crippen LogP contribution in [0, 0.1) is 11.6 Å². The smallest absolute Gasteiger partial charge is 0.321 e. The number of hydrogen-bond acceptors (Lipinski definition) is 4. The zero-order chi connectivity index (χ0) is 16.0. The highest BCUT2D eigenvalue weighted by molar-refractivity contribution is 7.89. The quantitative estimate of drug-likeness (QED) is 0.567. The third-order valence-corrected chi connectivity index (χ3v) is 4.32. The zero-order valence-electron chi connectivity index (χ0n) is 11.4. The maximum atomic E-state index is 13.6. The first-order chi connectivity index (χ1) is 9.84. The van der Waals surface area contributed by atoms with Crippen molar-refractivity contribution in [3.8, 4) is 0 Å². The number of rotatable bonds is 7. The van der Waals surface area contributed by atoms with Crippen molar-refractivity contribution in [1.29, 1.82) is 0 Å². The molecule has 0 aliphatic carbocycles. The van der Waals surface area contributed by atoms with Crippen LogP contribution in [0.15, 0.2) is 35.7 Å². The van der Waals surface area contributed by atoms with Crippen LogP contribution in [0.4, 0.5) is 8.78 Å². The van der Waals surface area contributed by atoms with Crippen LogP contribution in [0.1, 0.15) is 6.92 Å². The van der Waals surface area contributed by atoms with Gasteiger partial charge in [0.25, 0.3) is 0 Å². The summed E-state index contributed by atoms with van der Waals surface area (Å²) < 4.78 is 57.1. The van der Waals surface area contributed by atoms with Crippen LogP contribution < -0.4 is 0 Å². The average Bonchev–Trinajstić information content (AvgIpc) is 2.38. The molecule has 0 saturated heterocycles. The van der Waals surface area contributed by atoms with Gasteiger partial charge in [-0.05, 0) is 19.1 Å². The molecule has 0 fully saturated rings. The Morgan fingerprint density at radius 3 is 2.43 bits per heavy atom. The van der Waals surface area contributed by atoms with E-state index in [9.17, 15) is 22.0 Å². The summed E-state index contributed by atoms with van der Waals surface area (Å²) >= 11 is 0. The van der Waals surface area contributed by atoms with Crippen molar-refractivity contribution in [1.82, 2.24) is 4.31 Å². The molecule has 1 aromatic carbocycles. The molecule has 0 heterocycles. The molecule has 116 valence electrons. The summed E-state index contributed by atoms with van der Waals surface area (Å²) in [7, 11) is -4.53. The molecule has 0 aliphatic heterocycles. The van der Waals surface area contributed by atoms with E-state index in [4.69, 9.17) is 0 Å². The molecule has 0 aromatic heterocycles. The Morgan fingerprint density at radius 2 is 1.95 bits per heavy atom. The molecule has 1 rings (SSSR count). The minimum atomic E-state index is -4.53. The largest absolute Gasteiger partial charge is 0.465 e. The van der Waals surface area contributed by atoms with Gasteiger partial charge in [-0.1, -0.05) is 12.1 Å². The van der Waals surface area contributed by atoms with Gasteiger partial charge in [-0.15, -0.1) is 6.58 Å². The molecule has 0 bridgehead atoms. The second-order valence-corrected chi connectivity index (χ2v) is 5.82. The minimum absolute atomic E-state index is 0.0644. The van der Waals surface area contributed by atoms with E-state index < -0.39 is 39.1 Å². The predicted octanol–water partition coefficient (Wildman–Crippen LogP) is 1.70. The summed E-state index contributed by atoms with van der Waals surface area (Å²) in [5.74, 6) is -3.28. The van der Waals surface area contributed by atoms with Gasteiger partial charge in [-0.25, -0.2) is 17.2 Å². The summed E-state index contributed by atoms with van der Waals surface area (Å²) in [6, 6.07) is 2.70. The monoisotopic (exact) mass is 319 g/mol. The van der Waals surface area contributed by atoms with E-state index in [2.05, 4.69) is 11.3 Å². The van der Waals surface area contributed by atoms with Gasteiger partial charge in [0.2, 0.25) is 10.0 Å². The van der Waals surface area contributed by atoms with Crippen LogP contribution in [0.5, 0.6) is 0 Å². The van der Waals surface area contributed by atoms with Crippen LogP contribution in [0.2, 0.25) is 0 Å². The minimum Gasteiger partial charge on any atom is -0.465 e. The van der Waals surface area contributed by atoms with Crippen molar-refractivity contribution in [3.63, 3.8) is 0 Å². The molecule has 5 nitrogen and oxygen atoms in total. The van der Waals surface area contributed by atoms with Crippen LogP contribution in [0.3, 0.4) is 0 Å². The fourth-order valence-corrected chi connectivity index (χ4v) is 3.06. The Kier molecular flexibility index (Phi) is 5.98. The number of ether oxygens (including phenoxy) is 1. The second-order valence-electron chi connectivity index (χ2n) is 3.94. The van der Waals surface area contributed by atoms with Crippen LogP contribution >= 0.6 is 0 Å². The fraction of sp³-hybridized carbons (Fsp3) is 0.308. The zero-order valence-corrected chi connectivity index (χ0v) is 12.2. The molecule has 0 unspecified atom stereocenters. The Bertz CT molecular complexity index is 611. The molecule has 1 aromatic rings. The molecule has 21 heavy (non-hydrogen) atoms. The number of halogens is 2. The summed E-state index contributed by atoms with van der Waals surface area (Å²) in [6.45, 7) is 4.04. The van der Waals surface area contributed by atoms with Gasteiger partial charge >= 0.3 is 5.97 Å². The molecule has 0 radical (unpaired) electrons. The van der Waals surface area contributed by atoms with Gasteiger partial charge < -0.3 is 4.74 Å². The van der Waals surface area contributed by atoms with Crippen molar-refractivity contribution in [2.24, 2.45) is 0 Å². The van der Waals surface area contributed by atoms with Gasteiger partial charge in [0.05, 0.1) is 6.61 Å². The van der Waals surface area contributed by atoms with Crippen molar-refractivity contribution in [2.45, 2.75) is 11.8 Å². The Morgan fingerprint density at radius 1 is 1.38 bits per heavy atom. The fourth-order valence-electron chi connectivity index (χ4n) is 1.60. The van der Waals surface area contributed by atoms with Crippen LogP contribution in [0.25, 0.3) is 0 Å². The van der Waals surface area contributed by atoms with Crippen LogP contribution in [-0.2, 0) is 19.6 Å². The van der Waals surface area contributed by atoms with E-state index in [1.807, 2.05) is 0 Å². The first-order valence-corrected chi connectivity index (χ1v) is 7.49. The lowest BCUT2D eigenvalue weighted by Gasteiger charge is -2.20. The SMILES string of the molecule is C=CCN(CC(=O)OCC)S(=O)(=O)c1c(F)cccc1F. The highest BCUT2D eigenvalue weighted by atomic mass is 32.2. The number of carbonyl (C=O) groups is 1. The van der Waals surface area contributed by atoms with E-state index in [1.165, 1.54) is 6.08 Å². The molecule has 0 N–H and O–H groups in total. The number of benzene rings is 1. The van der Waals surface area contributed by atoms with Gasteiger partial charge in [0.1, 0.15) is 18.2 Å². The Labute approximate surface area is 121 Å². The molecule has 0 saturated carbocycles. The van der Waals surface area contributed by atoms with Gasteiger partial charge in [0.15, 0.2) is 4.90 Å². The van der Waals surface area contributed by atoms with Gasteiger partial charge in [-0.3, -0.25) is 4.79 Å². The van der Waals surface area contributed by atoms with E-state index in [0.29, 0.717) is 4.31 Å². The normalized spacial score (nSPS) is 11.4. The number of nitrogens with zero attached hydrogens (tertiary/aromatic N) is 1. The first kappa shape index (κ1) is 17.3. The lowest BCUT2D eigenvalue weighted by Crippen LogP contribution is -2.37. The lowest BCUT2D eigenvalue weighted by atomic mass is 10.3.